The summed E-state index contributed by atoms with van der Waals surface area (Å²) in [5.41, 5.74) is 0.286. The van der Waals surface area contributed by atoms with Crippen LogP contribution in [0.2, 0.25) is 0 Å². The SMILES string of the molecule is CC(CC(=O)O)C1(C)C2CCCCC2C2CCCCC21. The van der Waals surface area contributed by atoms with Crippen LogP contribution in [0, 0.1) is 35.0 Å². The van der Waals surface area contributed by atoms with Gasteiger partial charge in [-0.15, -0.1) is 0 Å². The van der Waals surface area contributed by atoms with Crippen LogP contribution in [0.1, 0.15) is 71.6 Å². The molecule has 3 rings (SSSR count). The fourth-order valence-electron chi connectivity index (χ4n) is 6.38. The average Bonchev–Trinajstić information content (AvgIpc) is 2.71. The van der Waals surface area contributed by atoms with Crippen LogP contribution in [-0.2, 0) is 4.79 Å². The van der Waals surface area contributed by atoms with E-state index in [1.807, 2.05) is 0 Å². The van der Waals surface area contributed by atoms with Crippen molar-refractivity contribution < 1.29 is 9.90 Å². The molecule has 3 aliphatic rings. The van der Waals surface area contributed by atoms with Crippen molar-refractivity contribution in [3.63, 3.8) is 0 Å². The molecule has 0 aromatic carbocycles. The van der Waals surface area contributed by atoms with Gasteiger partial charge in [-0.05, 0) is 60.7 Å². The fraction of sp³-hybridized carbons (Fsp3) is 0.944. The third-order valence-electron chi connectivity index (χ3n) is 7.33. The first-order valence-electron chi connectivity index (χ1n) is 8.77. The van der Waals surface area contributed by atoms with Gasteiger partial charge in [0.1, 0.15) is 0 Å². The van der Waals surface area contributed by atoms with E-state index in [9.17, 15) is 9.90 Å². The largest absolute Gasteiger partial charge is 0.481 e. The predicted octanol–water partition coefficient (Wildman–Crippen LogP) is 4.73. The highest BCUT2D eigenvalue weighted by Crippen LogP contribution is 2.66. The van der Waals surface area contributed by atoms with Crippen LogP contribution in [0.5, 0.6) is 0 Å². The molecule has 0 spiro atoms. The molecule has 2 nitrogen and oxygen atoms in total. The third-order valence-corrected chi connectivity index (χ3v) is 7.33. The molecule has 5 atom stereocenters. The monoisotopic (exact) mass is 278 g/mol. The molecule has 0 amide bonds. The fourth-order valence-corrected chi connectivity index (χ4v) is 6.38. The Hall–Kier alpha value is -0.530. The van der Waals surface area contributed by atoms with E-state index in [1.165, 1.54) is 51.4 Å². The zero-order chi connectivity index (χ0) is 14.3. The standard InChI is InChI=1S/C18H30O2/c1-12(11-17(19)20)18(2)15-9-5-3-7-13(15)14-8-4-6-10-16(14)18/h12-16H,3-11H2,1-2H3,(H,19,20). The van der Waals surface area contributed by atoms with Crippen molar-refractivity contribution in [2.75, 3.05) is 0 Å². The molecule has 3 saturated carbocycles. The second-order valence-electron chi connectivity index (χ2n) is 7.97. The normalized spacial score (nSPS) is 45.5. The molecule has 1 N–H and O–H groups in total. The summed E-state index contributed by atoms with van der Waals surface area (Å²) >= 11 is 0. The average molecular weight is 278 g/mol. The molecule has 0 aromatic heterocycles. The maximum absolute atomic E-state index is 11.2. The molecular formula is C18H30O2. The molecular weight excluding hydrogens is 248 g/mol. The maximum atomic E-state index is 11.2. The maximum Gasteiger partial charge on any atom is 0.303 e. The molecule has 0 aliphatic heterocycles. The number of fused-ring (bicyclic) bond motifs is 3. The molecule has 3 fully saturated rings. The predicted molar refractivity (Wildman–Crippen MR) is 80.4 cm³/mol. The Labute approximate surface area is 123 Å². The van der Waals surface area contributed by atoms with Gasteiger partial charge in [-0.3, -0.25) is 4.79 Å². The van der Waals surface area contributed by atoms with Gasteiger partial charge >= 0.3 is 5.97 Å². The number of hydrogen-bond acceptors (Lipinski definition) is 1. The van der Waals surface area contributed by atoms with Crippen molar-refractivity contribution in [1.29, 1.82) is 0 Å². The highest BCUT2D eigenvalue weighted by Gasteiger charge is 2.59. The summed E-state index contributed by atoms with van der Waals surface area (Å²) in [6.45, 7) is 4.68. The van der Waals surface area contributed by atoms with E-state index in [1.54, 1.807) is 0 Å². The summed E-state index contributed by atoms with van der Waals surface area (Å²) in [5, 5.41) is 9.25. The van der Waals surface area contributed by atoms with Crippen LogP contribution in [0.3, 0.4) is 0 Å². The van der Waals surface area contributed by atoms with Gasteiger partial charge in [-0.25, -0.2) is 0 Å². The number of hydrogen-bond donors (Lipinski definition) is 1. The molecule has 2 heteroatoms. The smallest absolute Gasteiger partial charge is 0.303 e. The van der Waals surface area contributed by atoms with Gasteiger partial charge in [0.2, 0.25) is 0 Å². The lowest BCUT2D eigenvalue weighted by molar-refractivity contribution is -0.140. The van der Waals surface area contributed by atoms with E-state index in [-0.39, 0.29) is 5.41 Å². The first-order valence-corrected chi connectivity index (χ1v) is 8.77. The van der Waals surface area contributed by atoms with Gasteiger partial charge in [0.05, 0.1) is 0 Å². The van der Waals surface area contributed by atoms with Crippen molar-refractivity contribution in [1.82, 2.24) is 0 Å². The topological polar surface area (TPSA) is 37.3 Å². The third kappa shape index (κ3) is 2.10. The molecule has 20 heavy (non-hydrogen) atoms. The molecule has 0 radical (unpaired) electrons. The molecule has 0 bridgehead atoms. The Morgan fingerprint density at radius 1 is 1.05 bits per heavy atom. The summed E-state index contributed by atoms with van der Waals surface area (Å²) in [7, 11) is 0. The Bertz CT molecular complexity index is 354. The Morgan fingerprint density at radius 2 is 1.50 bits per heavy atom. The second-order valence-corrected chi connectivity index (χ2v) is 7.97. The number of carbonyl (C=O) groups is 1. The van der Waals surface area contributed by atoms with Crippen LogP contribution in [0.4, 0.5) is 0 Å². The van der Waals surface area contributed by atoms with E-state index in [0.29, 0.717) is 12.3 Å². The lowest BCUT2D eigenvalue weighted by Crippen LogP contribution is -2.39. The zero-order valence-electron chi connectivity index (χ0n) is 13.1. The van der Waals surface area contributed by atoms with Crippen molar-refractivity contribution in [2.24, 2.45) is 35.0 Å². The van der Waals surface area contributed by atoms with Gasteiger partial charge in [-0.1, -0.05) is 39.5 Å². The molecule has 0 saturated heterocycles. The van der Waals surface area contributed by atoms with Crippen LogP contribution in [-0.4, -0.2) is 11.1 Å². The number of carboxylic acids is 1. The van der Waals surface area contributed by atoms with E-state index in [0.717, 1.165) is 23.7 Å². The van der Waals surface area contributed by atoms with E-state index in [2.05, 4.69) is 13.8 Å². The van der Waals surface area contributed by atoms with Gasteiger partial charge < -0.3 is 5.11 Å². The molecule has 0 heterocycles. The van der Waals surface area contributed by atoms with Crippen molar-refractivity contribution in [3.8, 4) is 0 Å². The minimum Gasteiger partial charge on any atom is -0.481 e. The lowest BCUT2D eigenvalue weighted by atomic mass is 9.60. The van der Waals surface area contributed by atoms with E-state index >= 15 is 0 Å². The van der Waals surface area contributed by atoms with Crippen molar-refractivity contribution in [3.05, 3.63) is 0 Å². The number of aliphatic carboxylic acids is 1. The zero-order valence-corrected chi connectivity index (χ0v) is 13.1. The summed E-state index contributed by atoms with van der Waals surface area (Å²) in [5.74, 6) is 3.16. The number of rotatable bonds is 3. The highest BCUT2D eigenvalue weighted by atomic mass is 16.4. The van der Waals surface area contributed by atoms with Crippen LogP contribution in [0.15, 0.2) is 0 Å². The minimum atomic E-state index is -0.606. The Morgan fingerprint density at radius 3 is 1.95 bits per heavy atom. The summed E-state index contributed by atoms with van der Waals surface area (Å²) in [4.78, 5) is 11.2. The van der Waals surface area contributed by atoms with Gasteiger partial charge in [0.25, 0.3) is 0 Å². The van der Waals surface area contributed by atoms with Crippen LogP contribution >= 0.6 is 0 Å². The Kier molecular flexibility index (Phi) is 3.85. The molecule has 5 unspecified atom stereocenters. The molecule has 3 aliphatic carbocycles. The van der Waals surface area contributed by atoms with Crippen LogP contribution in [0.25, 0.3) is 0 Å². The van der Waals surface area contributed by atoms with Gasteiger partial charge in [0, 0.05) is 6.42 Å². The molecule has 0 aromatic rings. The van der Waals surface area contributed by atoms with E-state index in [4.69, 9.17) is 0 Å². The lowest BCUT2D eigenvalue weighted by Gasteiger charge is -2.45. The second kappa shape index (κ2) is 5.35. The summed E-state index contributed by atoms with van der Waals surface area (Å²) < 4.78 is 0. The summed E-state index contributed by atoms with van der Waals surface area (Å²) in [6, 6.07) is 0. The highest BCUT2D eigenvalue weighted by molar-refractivity contribution is 5.67. The molecule has 114 valence electrons. The van der Waals surface area contributed by atoms with E-state index < -0.39 is 5.97 Å². The van der Waals surface area contributed by atoms with Gasteiger partial charge in [0.15, 0.2) is 0 Å². The first kappa shape index (κ1) is 14.4. The van der Waals surface area contributed by atoms with Gasteiger partial charge in [-0.2, -0.15) is 0 Å². The Balaban J connectivity index is 1.91. The minimum absolute atomic E-state index is 0.286. The summed E-state index contributed by atoms with van der Waals surface area (Å²) in [6.07, 6.45) is 11.5. The number of carboxylic acid groups (broad SMARTS) is 1. The van der Waals surface area contributed by atoms with Crippen molar-refractivity contribution in [2.45, 2.75) is 71.6 Å². The van der Waals surface area contributed by atoms with Crippen LogP contribution < -0.4 is 0 Å². The quantitative estimate of drug-likeness (QED) is 0.810. The first-order chi connectivity index (χ1) is 9.55. The van der Waals surface area contributed by atoms with Crippen molar-refractivity contribution >= 4 is 5.97 Å².